The monoisotopic (exact) mass is 416 g/mol. The third-order valence-corrected chi connectivity index (χ3v) is 5.64. The summed E-state index contributed by atoms with van der Waals surface area (Å²) in [4.78, 5) is 27.0. The fourth-order valence-electron chi connectivity index (χ4n) is 3.69. The van der Waals surface area contributed by atoms with Crippen molar-refractivity contribution in [3.05, 3.63) is 59.5 Å². The molecule has 1 aliphatic rings. The molecule has 6 nitrogen and oxygen atoms in total. The number of piperidine rings is 1. The van der Waals surface area contributed by atoms with Gasteiger partial charge in [0.05, 0.1) is 11.8 Å². The van der Waals surface area contributed by atoms with Crippen molar-refractivity contribution < 1.29 is 18.7 Å². The fourth-order valence-corrected chi connectivity index (χ4v) is 4.13. The van der Waals surface area contributed by atoms with Crippen molar-refractivity contribution in [1.82, 2.24) is 10.2 Å². The number of nitrogens with zero attached hydrogens (tertiary/aromatic N) is 1. The number of hydrogen-bond acceptors (Lipinski definition) is 5. The molecule has 3 rings (SSSR count). The highest BCUT2D eigenvalue weighted by Crippen LogP contribution is 2.29. The van der Waals surface area contributed by atoms with Crippen LogP contribution < -0.4 is 5.32 Å². The van der Waals surface area contributed by atoms with Crippen molar-refractivity contribution in [2.75, 3.05) is 32.6 Å². The fraction of sp³-hybridized carbons (Fsp3) is 0.455. The van der Waals surface area contributed by atoms with Gasteiger partial charge in [-0.15, -0.1) is 0 Å². The number of amides is 2. The maximum absolute atomic E-state index is 13.0. The van der Waals surface area contributed by atoms with Crippen LogP contribution in [0.25, 0.3) is 0 Å². The average molecular weight is 417 g/mol. The van der Waals surface area contributed by atoms with Crippen LogP contribution in [0.1, 0.15) is 41.1 Å². The molecule has 0 radical (unpaired) electrons. The first kappa shape index (κ1) is 21.5. The lowest BCUT2D eigenvalue weighted by Crippen LogP contribution is -2.53. The molecule has 1 aliphatic heterocycles. The molecule has 1 aromatic heterocycles. The summed E-state index contributed by atoms with van der Waals surface area (Å²) in [5.74, 6) is 1.74. The van der Waals surface area contributed by atoms with Crippen molar-refractivity contribution in [2.45, 2.75) is 31.1 Å². The smallest absolute Gasteiger partial charge is 0.289 e. The zero-order valence-electron chi connectivity index (χ0n) is 16.9. The molecule has 1 N–H and O–H groups in total. The molecule has 7 heteroatoms. The van der Waals surface area contributed by atoms with E-state index in [4.69, 9.17) is 9.15 Å². The van der Waals surface area contributed by atoms with Gasteiger partial charge < -0.3 is 19.4 Å². The number of ether oxygens (including phenoxy) is 1. The molecule has 1 aromatic carbocycles. The Morgan fingerprint density at radius 1 is 1.24 bits per heavy atom. The molecule has 1 fully saturated rings. The van der Waals surface area contributed by atoms with Crippen molar-refractivity contribution in [1.29, 1.82) is 0 Å². The number of likely N-dealkylation sites (tertiary alicyclic amines) is 1. The maximum atomic E-state index is 13.0. The number of thioether (sulfide) groups is 1. The van der Waals surface area contributed by atoms with E-state index in [1.165, 1.54) is 5.56 Å². The first-order chi connectivity index (χ1) is 14.1. The molecule has 0 bridgehead atoms. The second-order valence-electron chi connectivity index (χ2n) is 7.07. The van der Waals surface area contributed by atoms with Gasteiger partial charge in [-0.05, 0) is 37.3 Å². The Morgan fingerprint density at radius 3 is 2.76 bits per heavy atom. The predicted octanol–water partition coefficient (Wildman–Crippen LogP) is 3.29. The van der Waals surface area contributed by atoms with Crippen molar-refractivity contribution >= 4 is 23.6 Å². The molecule has 0 saturated carbocycles. The van der Waals surface area contributed by atoms with E-state index in [1.807, 2.05) is 37.4 Å². The van der Waals surface area contributed by atoms with E-state index in [0.29, 0.717) is 25.5 Å². The Kier molecular flexibility index (Phi) is 7.77. The lowest BCUT2D eigenvalue weighted by Gasteiger charge is -2.39. The van der Waals surface area contributed by atoms with Gasteiger partial charge in [0.1, 0.15) is 12.4 Å². The Balaban J connectivity index is 1.73. The third-order valence-electron chi connectivity index (χ3n) is 5.07. The van der Waals surface area contributed by atoms with Gasteiger partial charge in [-0.25, -0.2) is 0 Å². The van der Waals surface area contributed by atoms with Gasteiger partial charge in [0.15, 0.2) is 5.76 Å². The molecule has 2 aromatic rings. The quantitative estimate of drug-likeness (QED) is 0.715. The van der Waals surface area contributed by atoms with E-state index in [-0.39, 0.29) is 30.4 Å². The van der Waals surface area contributed by atoms with E-state index >= 15 is 0 Å². The SMILES string of the molecule is CCOCC(=O)N[C@H]1CN(C(=O)c2ccc(CSC)o2)CC[C@H]1c1ccccc1. The maximum Gasteiger partial charge on any atom is 0.289 e. The number of furan rings is 1. The van der Waals surface area contributed by atoms with E-state index < -0.39 is 0 Å². The van der Waals surface area contributed by atoms with Crippen LogP contribution in [0.4, 0.5) is 0 Å². The second kappa shape index (κ2) is 10.5. The molecule has 1 saturated heterocycles. The molecule has 2 amide bonds. The summed E-state index contributed by atoms with van der Waals surface area (Å²) in [5.41, 5.74) is 1.17. The minimum Gasteiger partial charge on any atom is -0.455 e. The lowest BCUT2D eigenvalue weighted by atomic mass is 9.85. The van der Waals surface area contributed by atoms with Gasteiger partial charge in [0.25, 0.3) is 5.91 Å². The van der Waals surface area contributed by atoms with Crippen molar-refractivity contribution in [3.8, 4) is 0 Å². The van der Waals surface area contributed by atoms with Crippen LogP contribution >= 0.6 is 11.8 Å². The van der Waals surface area contributed by atoms with Crippen LogP contribution in [-0.4, -0.2) is 55.3 Å². The van der Waals surface area contributed by atoms with Gasteiger partial charge in [0.2, 0.25) is 5.91 Å². The normalized spacial score (nSPS) is 19.2. The average Bonchev–Trinajstić information content (AvgIpc) is 3.21. The molecule has 2 heterocycles. The zero-order chi connectivity index (χ0) is 20.6. The number of hydrogen-bond donors (Lipinski definition) is 1. The molecule has 0 aliphatic carbocycles. The van der Waals surface area contributed by atoms with Crippen LogP contribution in [0.3, 0.4) is 0 Å². The number of benzene rings is 1. The molecule has 29 heavy (non-hydrogen) atoms. The summed E-state index contributed by atoms with van der Waals surface area (Å²) >= 11 is 1.65. The number of nitrogens with one attached hydrogen (secondary N) is 1. The Morgan fingerprint density at radius 2 is 2.03 bits per heavy atom. The van der Waals surface area contributed by atoms with Crippen LogP contribution in [0, 0.1) is 0 Å². The Bertz CT molecular complexity index is 808. The zero-order valence-corrected chi connectivity index (χ0v) is 17.7. The molecule has 2 atom stereocenters. The second-order valence-corrected chi connectivity index (χ2v) is 7.93. The first-order valence-corrected chi connectivity index (χ1v) is 11.3. The van der Waals surface area contributed by atoms with Crippen LogP contribution in [0.5, 0.6) is 0 Å². The third kappa shape index (κ3) is 5.64. The summed E-state index contributed by atoms with van der Waals surface area (Å²) in [5, 5.41) is 3.07. The van der Waals surface area contributed by atoms with Crippen LogP contribution in [-0.2, 0) is 15.3 Å². The number of carbonyl (C=O) groups excluding carboxylic acids is 2. The van der Waals surface area contributed by atoms with Crippen LogP contribution in [0.15, 0.2) is 46.9 Å². The van der Waals surface area contributed by atoms with Gasteiger partial charge >= 0.3 is 0 Å². The molecule has 156 valence electrons. The molecule has 0 unspecified atom stereocenters. The van der Waals surface area contributed by atoms with Crippen molar-refractivity contribution in [3.63, 3.8) is 0 Å². The minimum absolute atomic E-state index is 0.0265. The van der Waals surface area contributed by atoms with Gasteiger partial charge in [-0.3, -0.25) is 9.59 Å². The first-order valence-electron chi connectivity index (χ1n) is 9.91. The molecular formula is C22H28N2O4S. The van der Waals surface area contributed by atoms with Crippen molar-refractivity contribution in [2.24, 2.45) is 0 Å². The Labute approximate surface area is 176 Å². The summed E-state index contributed by atoms with van der Waals surface area (Å²) in [6.07, 6.45) is 2.77. The van der Waals surface area contributed by atoms with E-state index in [1.54, 1.807) is 22.7 Å². The summed E-state index contributed by atoms with van der Waals surface area (Å²) in [6.45, 7) is 3.43. The summed E-state index contributed by atoms with van der Waals surface area (Å²) < 4.78 is 10.9. The molecule has 0 spiro atoms. The van der Waals surface area contributed by atoms with E-state index in [2.05, 4.69) is 17.4 Å². The summed E-state index contributed by atoms with van der Waals surface area (Å²) in [6, 6.07) is 13.5. The minimum atomic E-state index is -0.177. The topological polar surface area (TPSA) is 71.8 Å². The van der Waals surface area contributed by atoms with Crippen LogP contribution in [0.2, 0.25) is 0 Å². The standard InChI is InChI=1S/C22H28N2O4S/c1-3-27-14-21(25)23-19-13-24(12-11-18(19)16-7-5-4-6-8-16)22(26)20-10-9-17(28-20)15-29-2/h4-10,18-19H,3,11-15H2,1-2H3,(H,23,25)/t18-,19-/m0/s1. The highest BCUT2D eigenvalue weighted by Gasteiger charge is 2.34. The highest BCUT2D eigenvalue weighted by molar-refractivity contribution is 7.97. The number of rotatable bonds is 8. The largest absolute Gasteiger partial charge is 0.455 e. The number of carbonyl (C=O) groups is 2. The summed E-state index contributed by atoms with van der Waals surface area (Å²) in [7, 11) is 0. The van der Waals surface area contributed by atoms with Gasteiger partial charge in [0, 0.05) is 25.6 Å². The lowest BCUT2D eigenvalue weighted by molar-refractivity contribution is -0.126. The van der Waals surface area contributed by atoms with E-state index in [0.717, 1.165) is 17.9 Å². The predicted molar refractivity (Wildman–Crippen MR) is 114 cm³/mol. The highest BCUT2D eigenvalue weighted by atomic mass is 32.2. The Hall–Kier alpha value is -2.25. The van der Waals surface area contributed by atoms with Gasteiger partial charge in [-0.2, -0.15) is 11.8 Å². The molecular weight excluding hydrogens is 388 g/mol. The van der Waals surface area contributed by atoms with Gasteiger partial charge in [-0.1, -0.05) is 30.3 Å². The van der Waals surface area contributed by atoms with E-state index in [9.17, 15) is 9.59 Å².